The van der Waals surface area contributed by atoms with E-state index < -0.39 is 0 Å². The standard InChI is InChI=1S/C11H11BrClN3S/c1-6(10-5-17-7(2)16-10)15-8-3-9(12)11(13)14-4-8/h3-6,15H,1-2H3. The summed E-state index contributed by atoms with van der Waals surface area (Å²) in [5.41, 5.74) is 1.96. The molecule has 0 saturated heterocycles. The van der Waals surface area contributed by atoms with Gasteiger partial charge in [0.15, 0.2) is 0 Å². The normalized spacial score (nSPS) is 12.5. The Bertz CT molecular complexity index is 529. The highest BCUT2D eigenvalue weighted by atomic mass is 79.9. The summed E-state index contributed by atoms with van der Waals surface area (Å²) in [5, 5.41) is 6.93. The van der Waals surface area contributed by atoms with Gasteiger partial charge in [0.05, 0.1) is 33.1 Å². The summed E-state index contributed by atoms with van der Waals surface area (Å²) in [4.78, 5) is 8.51. The maximum absolute atomic E-state index is 5.84. The van der Waals surface area contributed by atoms with E-state index in [2.05, 4.69) is 43.5 Å². The van der Waals surface area contributed by atoms with E-state index in [0.29, 0.717) is 5.15 Å². The lowest BCUT2D eigenvalue weighted by atomic mass is 10.2. The van der Waals surface area contributed by atoms with Crippen LogP contribution in [0.15, 0.2) is 22.1 Å². The number of anilines is 1. The summed E-state index contributed by atoms with van der Waals surface area (Å²) in [5.74, 6) is 0. The van der Waals surface area contributed by atoms with Crippen molar-refractivity contribution in [2.45, 2.75) is 19.9 Å². The number of aryl methyl sites for hydroxylation is 1. The van der Waals surface area contributed by atoms with E-state index in [9.17, 15) is 0 Å². The van der Waals surface area contributed by atoms with Gasteiger partial charge < -0.3 is 5.32 Å². The van der Waals surface area contributed by atoms with Crippen LogP contribution in [0, 0.1) is 6.92 Å². The second kappa shape index (κ2) is 5.33. The molecule has 0 aliphatic rings. The lowest BCUT2D eigenvalue weighted by Crippen LogP contribution is -2.07. The Balaban J connectivity index is 2.12. The quantitative estimate of drug-likeness (QED) is 0.845. The lowest BCUT2D eigenvalue weighted by molar-refractivity contribution is 0.844. The van der Waals surface area contributed by atoms with Crippen molar-refractivity contribution in [2.75, 3.05) is 5.32 Å². The minimum Gasteiger partial charge on any atom is -0.376 e. The largest absolute Gasteiger partial charge is 0.376 e. The van der Waals surface area contributed by atoms with Crippen molar-refractivity contribution in [1.82, 2.24) is 9.97 Å². The van der Waals surface area contributed by atoms with Crippen molar-refractivity contribution in [3.63, 3.8) is 0 Å². The highest BCUT2D eigenvalue weighted by Gasteiger charge is 2.09. The van der Waals surface area contributed by atoms with Gasteiger partial charge in [-0.05, 0) is 35.8 Å². The smallest absolute Gasteiger partial charge is 0.143 e. The molecule has 17 heavy (non-hydrogen) atoms. The van der Waals surface area contributed by atoms with Gasteiger partial charge in [-0.1, -0.05) is 11.6 Å². The van der Waals surface area contributed by atoms with Gasteiger partial charge in [0.1, 0.15) is 5.15 Å². The van der Waals surface area contributed by atoms with Crippen molar-refractivity contribution < 1.29 is 0 Å². The predicted octanol–water partition coefficient (Wildman–Crippen LogP) is 4.44. The zero-order valence-electron chi connectivity index (χ0n) is 9.37. The number of hydrogen-bond acceptors (Lipinski definition) is 4. The van der Waals surface area contributed by atoms with Gasteiger partial charge in [-0.15, -0.1) is 11.3 Å². The van der Waals surface area contributed by atoms with Crippen LogP contribution in [-0.2, 0) is 0 Å². The molecule has 0 radical (unpaired) electrons. The molecule has 0 amide bonds. The third-order valence-corrected chi connectivity index (χ3v) is 4.19. The third-order valence-electron chi connectivity index (χ3n) is 2.26. The number of pyridine rings is 1. The van der Waals surface area contributed by atoms with Gasteiger partial charge in [-0.2, -0.15) is 0 Å². The summed E-state index contributed by atoms with van der Waals surface area (Å²) in [6.45, 7) is 4.07. The van der Waals surface area contributed by atoms with Crippen molar-refractivity contribution >= 4 is 44.6 Å². The molecule has 0 aliphatic heterocycles. The maximum atomic E-state index is 5.84. The molecule has 1 atom stereocenters. The van der Waals surface area contributed by atoms with E-state index in [1.165, 1.54) is 0 Å². The molecule has 0 aliphatic carbocycles. The minimum absolute atomic E-state index is 0.148. The number of halogens is 2. The van der Waals surface area contributed by atoms with Crippen LogP contribution in [0.4, 0.5) is 5.69 Å². The number of nitrogens with one attached hydrogen (secondary N) is 1. The molecule has 0 saturated carbocycles. The molecule has 6 heteroatoms. The van der Waals surface area contributed by atoms with Crippen LogP contribution in [0.3, 0.4) is 0 Å². The van der Waals surface area contributed by atoms with Crippen LogP contribution >= 0.6 is 38.9 Å². The second-order valence-electron chi connectivity index (χ2n) is 3.65. The van der Waals surface area contributed by atoms with Gasteiger partial charge in [0.2, 0.25) is 0 Å². The van der Waals surface area contributed by atoms with Crippen LogP contribution in [0.1, 0.15) is 23.7 Å². The number of hydrogen-bond donors (Lipinski definition) is 1. The Hall–Kier alpha value is -0.650. The molecule has 0 fully saturated rings. The Morgan fingerprint density at radius 2 is 2.29 bits per heavy atom. The molecule has 2 rings (SSSR count). The highest BCUT2D eigenvalue weighted by molar-refractivity contribution is 9.10. The first kappa shape index (κ1) is 12.8. The zero-order chi connectivity index (χ0) is 12.4. The van der Waals surface area contributed by atoms with E-state index in [0.717, 1.165) is 20.9 Å². The van der Waals surface area contributed by atoms with Crippen LogP contribution < -0.4 is 5.32 Å². The van der Waals surface area contributed by atoms with E-state index in [4.69, 9.17) is 11.6 Å². The average molecular weight is 333 g/mol. The van der Waals surface area contributed by atoms with Crippen molar-refractivity contribution in [3.8, 4) is 0 Å². The van der Waals surface area contributed by atoms with Crippen LogP contribution in [0.25, 0.3) is 0 Å². The fraction of sp³-hybridized carbons (Fsp3) is 0.273. The Labute approximate surface area is 117 Å². The topological polar surface area (TPSA) is 37.8 Å². The maximum Gasteiger partial charge on any atom is 0.143 e. The summed E-state index contributed by atoms with van der Waals surface area (Å²) in [7, 11) is 0. The van der Waals surface area contributed by atoms with Crippen LogP contribution in [0.5, 0.6) is 0 Å². The van der Waals surface area contributed by atoms with E-state index in [1.807, 2.05) is 13.0 Å². The first-order valence-corrected chi connectivity index (χ1v) is 7.11. The number of nitrogens with zero attached hydrogens (tertiary/aromatic N) is 2. The van der Waals surface area contributed by atoms with Gasteiger partial charge >= 0.3 is 0 Å². The highest BCUT2D eigenvalue weighted by Crippen LogP contribution is 2.26. The van der Waals surface area contributed by atoms with E-state index in [-0.39, 0.29) is 6.04 Å². The first-order chi connectivity index (χ1) is 8.06. The molecular weight excluding hydrogens is 322 g/mol. The summed E-state index contributed by atoms with van der Waals surface area (Å²) >= 11 is 10.8. The monoisotopic (exact) mass is 331 g/mol. The molecular formula is C11H11BrClN3S. The van der Waals surface area contributed by atoms with Gasteiger partial charge in [0, 0.05) is 5.38 Å². The molecule has 2 aromatic rings. The Morgan fingerprint density at radius 3 is 2.88 bits per heavy atom. The SMILES string of the molecule is Cc1nc(C(C)Nc2cnc(Cl)c(Br)c2)cs1. The molecule has 0 bridgehead atoms. The van der Waals surface area contributed by atoms with E-state index >= 15 is 0 Å². The number of rotatable bonds is 3. The van der Waals surface area contributed by atoms with Crippen LogP contribution in [-0.4, -0.2) is 9.97 Å². The molecule has 1 unspecified atom stereocenters. The molecule has 2 aromatic heterocycles. The summed E-state index contributed by atoms with van der Waals surface area (Å²) in [6.07, 6.45) is 1.71. The molecule has 0 aromatic carbocycles. The third kappa shape index (κ3) is 3.18. The van der Waals surface area contributed by atoms with Gasteiger partial charge in [-0.3, -0.25) is 0 Å². The molecule has 1 N–H and O–H groups in total. The fourth-order valence-electron chi connectivity index (χ4n) is 1.40. The average Bonchev–Trinajstić information content (AvgIpc) is 2.70. The number of thiazole rings is 1. The Morgan fingerprint density at radius 1 is 1.53 bits per heavy atom. The lowest BCUT2D eigenvalue weighted by Gasteiger charge is -2.13. The zero-order valence-corrected chi connectivity index (χ0v) is 12.5. The van der Waals surface area contributed by atoms with Crippen molar-refractivity contribution in [2.24, 2.45) is 0 Å². The van der Waals surface area contributed by atoms with Crippen molar-refractivity contribution in [3.05, 3.63) is 38.0 Å². The van der Waals surface area contributed by atoms with Crippen molar-refractivity contribution in [1.29, 1.82) is 0 Å². The molecule has 2 heterocycles. The summed E-state index contributed by atoms with van der Waals surface area (Å²) < 4.78 is 0.783. The van der Waals surface area contributed by atoms with Crippen LogP contribution in [0.2, 0.25) is 5.15 Å². The Kier molecular flexibility index (Phi) is 4.01. The summed E-state index contributed by atoms with van der Waals surface area (Å²) in [6, 6.07) is 2.06. The molecule has 3 nitrogen and oxygen atoms in total. The number of aromatic nitrogens is 2. The fourth-order valence-corrected chi connectivity index (χ4v) is 2.56. The van der Waals surface area contributed by atoms with Gasteiger partial charge in [-0.25, -0.2) is 9.97 Å². The molecule has 90 valence electrons. The molecule has 0 spiro atoms. The minimum atomic E-state index is 0.148. The predicted molar refractivity (Wildman–Crippen MR) is 75.8 cm³/mol. The van der Waals surface area contributed by atoms with Gasteiger partial charge in [0.25, 0.3) is 0 Å². The second-order valence-corrected chi connectivity index (χ2v) is 5.93. The first-order valence-electron chi connectivity index (χ1n) is 5.06. The van der Waals surface area contributed by atoms with E-state index in [1.54, 1.807) is 17.5 Å².